The number of nitriles is 2. The summed E-state index contributed by atoms with van der Waals surface area (Å²) in [5, 5.41) is 46.3. The molecular weight excluding hydrogens is 406 g/mol. The Morgan fingerprint density at radius 3 is 2.35 bits per heavy atom. The van der Waals surface area contributed by atoms with E-state index in [1.807, 2.05) is 82.8 Å². The standard InChI is InChI=1S/C24H17N5OS/c25-14-17(15-26)22-19(16-27)21(20-10-7-13-31-20)23(29-11-5-2-6-12-29)24(30,28-22)18-8-3-1-4-9-18/h1-13,21,23,28,30H/t21-,23+,24+/m0/s1. The molecule has 0 bridgehead atoms. The van der Waals surface area contributed by atoms with Gasteiger partial charge < -0.3 is 15.8 Å². The quantitative estimate of drug-likeness (QED) is 0.382. The zero-order valence-electron chi connectivity index (χ0n) is 16.3. The van der Waals surface area contributed by atoms with Crippen LogP contribution in [-0.4, -0.2) is 11.0 Å². The van der Waals surface area contributed by atoms with Crippen LogP contribution in [-0.2, 0) is 5.72 Å². The summed E-state index contributed by atoms with van der Waals surface area (Å²) in [4.78, 5) is 0.849. The third-order valence-electron chi connectivity index (χ3n) is 5.36. The molecule has 0 amide bonds. The summed E-state index contributed by atoms with van der Waals surface area (Å²) in [5.41, 5.74) is -1.09. The van der Waals surface area contributed by atoms with E-state index in [1.54, 1.807) is 12.1 Å². The second-order valence-electron chi connectivity index (χ2n) is 7.02. The number of pyridine rings is 1. The number of rotatable bonds is 4. The molecule has 4 rings (SSSR count). The normalized spacial score (nSPS) is 22.5. The Morgan fingerprint density at radius 1 is 1.06 bits per heavy atom. The van der Waals surface area contributed by atoms with Crippen molar-refractivity contribution in [3.8, 4) is 12.1 Å². The van der Waals surface area contributed by atoms with Crippen LogP contribution in [0.25, 0.3) is 5.41 Å². The highest BCUT2D eigenvalue weighted by Gasteiger charge is 2.56. The molecule has 0 radical (unpaired) electrons. The maximum absolute atomic E-state index is 12.1. The van der Waals surface area contributed by atoms with Crippen LogP contribution in [0.15, 0.2) is 95.3 Å². The second kappa shape index (κ2) is 8.39. The van der Waals surface area contributed by atoms with E-state index in [4.69, 9.17) is 0 Å². The summed E-state index contributed by atoms with van der Waals surface area (Å²) in [6, 6.07) is 21.8. The molecule has 0 saturated carbocycles. The first kappa shape index (κ1) is 20.3. The van der Waals surface area contributed by atoms with Crippen molar-refractivity contribution in [3.05, 3.63) is 111 Å². The number of hydrogen-bond donors (Lipinski definition) is 2. The topological polar surface area (TPSA) is 106 Å². The number of hydrogen-bond acceptors (Lipinski definition) is 5. The largest absolute Gasteiger partial charge is 0.762 e. The van der Waals surface area contributed by atoms with E-state index in [0.29, 0.717) is 5.56 Å². The number of aliphatic hydroxyl groups is 1. The average molecular weight is 424 g/mol. The molecule has 0 spiro atoms. The van der Waals surface area contributed by atoms with Crippen LogP contribution in [0.2, 0.25) is 0 Å². The molecule has 3 atom stereocenters. The van der Waals surface area contributed by atoms with Gasteiger partial charge in [0.05, 0.1) is 28.8 Å². The highest BCUT2D eigenvalue weighted by Crippen LogP contribution is 2.48. The zero-order chi connectivity index (χ0) is 21.8. The van der Waals surface area contributed by atoms with E-state index >= 15 is 0 Å². The molecule has 2 aromatic heterocycles. The van der Waals surface area contributed by atoms with Gasteiger partial charge in [0.15, 0.2) is 12.4 Å². The van der Waals surface area contributed by atoms with Crippen molar-refractivity contribution < 1.29 is 9.67 Å². The Balaban J connectivity index is 2.09. The maximum Gasteiger partial charge on any atom is 0.227 e. The minimum atomic E-state index is -1.70. The Kier molecular flexibility index (Phi) is 5.49. The maximum atomic E-state index is 12.1. The molecule has 0 aliphatic carbocycles. The summed E-state index contributed by atoms with van der Waals surface area (Å²) in [6.07, 6.45) is 3.67. The molecule has 1 aliphatic rings. The van der Waals surface area contributed by atoms with E-state index in [0.717, 1.165) is 4.88 Å². The minimum Gasteiger partial charge on any atom is -0.762 e. The Hall–Kier alpha value is -4.00. The van der Waals surface area contributed by atoms with Crippen molar-refractivity contribution in [2.45, 2.75) is 17.7 Å². The van der Waals surface area contributed by atoms with E-state index in [9.17, 15) is 21.0 Å². The predicted octanol–water partition coefficient (Wildman–Crippen LogP) is 3.28. The fraction of sp³-hybridized carbons (Fsp3) is 0.125. The van der Waals surface area contributed by atoms with Crippen LogP contribution in [0.3, 0.4) is 0 Å². The van der Waals surface area contributed by atoms with Gasteiger partial charge in [0.2, 0.25) is 11.8 Å². The van der Waals surface area contributed by atoms with Crippen molar-refractivity contribution in [1.29, 1.82) is 10.5 Å². The van der Waals surface area contributed by atoms with Crippen LogP contribution in [0.5, 0.6) is 0 Å². The van der Waals surface area contributed by atoms with Gasteiger partial charge in [-0.2, -0.15) is 15.1 Å². The molecule has 150 valence electrons. The molecule has 31 heavy (non-hydrogen) atoms. The van der Waals surface area contributed by atoms with Crippen LogP contribution in [0, 0.1) is 22.7 Å². The van der Waals surface area contributed by atoms with Crippen molar-refractivity contribution in [2.24, 2.45) is 0 Å². The van der Waals surface area contributed by atoms with Gasteiger partial charge in [-0.15, -0.1) is 11.3 Å². The lowest BCUT2D eigenvalue weighted by Gasteiger charge is -2.42. The molecular formula is C24H17N5OS. The molecule has 7 heteroatoms. The van der Waals surface area contributed by atoms with Crippen LogP contribution >= 0.6 is 11.3 Å². The monoisotopic (exact) mass is 423 g/mol. The number of nitrogens with one attached hydrogen (secondary N) is 1. The fourth-order valence-electron chi connectivity index (χ4n) is 4.03. The summed E-state index contributed by atoms with van der Waals surface area (Å²) < 4.78 is 1.86. The smallest absolute Gasteiger partial charge is 0.227 e. The molecule has 0 unspecified atom stereocenters. The van der Waals surface area contributed by atoms with E-state index < -0.39 is 17.7 Å². The second-order valence-corrected chi connectivity index (χ2v) is 8.00. The highest BCUT2D eigenvalue weighted by molar-refractivity contribution is 7.10. The molecule has 6 nitrogen and oxygen atoms in total. The van der Waals surface area contributed by atoms with Crippen molar-refractivity contribution >= 4 is 17.2 Å². The summed E-state index contributed by atoms with van der Waals surface area (Å²) >= 11 is 1.46. The summed E-state index contributed by atoms with van der Waals surface area (Å²) in [5.74, 6) is 1.28. The van der Waals surface area contributed by atoms with Gasteiger partial charge >= 0.3 is 0 Å². The Labute approximate surface area is 183 Å². The van der Waals surface area contributed by atoms with Gasteiger partial charge in [-0.25, -0.2) is 5.87 Å². The Morgan fingerprint density at radius 2 is 1.77 bits per heavy atom. The highest BCUT2D eigenvalue weighted by atomic mass is 32.1. The number of allylic oxidation sites excluding steroid dienone is 2. The van der Waals surface area contributed by atoms with Gasteiger partial charge in [0, 0.05) is 22.6 Å². The SMILES string of the molecule is N#CC(=C=[N-])C1=C(C#N)[C@@H](c2cccs2)[C@@H]([n+]2ccccc2)[C@](O)(c2ccccc2)N1. The van der Waals surface area contributed by atoms with Gasteiger partial charge in [0.25, 0.3) is 0 Å². The molecule has 3 heterocycles. The molecule has 3 aromatic rings. The third kappa shape index (κ3) is 3.44. The number of nitrogens with zero attached hydrogens (tertiary/aromatic N) is 4. The number of benzene rings is 1. The lowest BCUT2D eigenvalue weighted by atomic mass is 9.75. The summed E-state index contributed by atoms with van der Waals surface area (Å²) in [7, 11) is 0. The van der Waals surface area contributed by atoms with E-state index in [-0.39, 0.29) is 16.8 Å². The minimum absolute atomic E-state index is 0.0602. The van der Waals surface area contributed by atoms with Crippen LogP contribution < -0.4 is 9.88 Å². The van der Waals surface area contributed by atoms with Crippen molar-refractivity contribution in [2.75, 3.05) is 0 Å². The van der Waals surface area contributed by atoms with Crippen molar-refractivity contribution in [3.63, 3.8) is 0 Å². The number of aromatic nitrogens is 1. The lowest BCUT2D eigenvalue weighted by molar-refractivity contribution is -0.743. The Bertz CT molecular complexity index is 1250. The first-order chi connectivity index (χ1) is 15.1. The number of thiophene rings is 1. The summed E-state index contributed by atoms with van der Waals surface area (Å²) in [6.45, 7) is 0. The van der Waals surface area contributed by atoms with Crippen LogP contribution in [0.4, 0.5) is 0 Å². The lowest BCUT2D eigenvalue weighted by Crippen LogP contribution is -2.62. The molecule has 0 fully saturated rings. The third-order valence-corrected chi connectivity index (χ3v) is 6.31. The average Bonchev–Trinajstić information content (AvgIpc) is 3.35. The van der Waals surface area contributed by atoms with E-state index in [1.165, 1.54) is 11.3 Å². The molecule has 0 saturated heterocycles. The predicted molar refractivity (Wildman–Crippen MR) is 116 cm³/mol. The van der Waals surface area contributed by atoms with E-state index in [2.05, 4.69) is 11.4 Å². The molecule has 2 N–H and O–H groups in total. The fourth-order valence-corrected chi connectivity index (χ4v) is 4.90. The first-order valence-electron chi connectivity index (χ1n) is 9.51. The first-order valence-corrected chi connectivity index (χ1v) is 10.4. The molecule has 1 aromatic carbocycles. The van der Waals surface area contributed by atoms with Gasteiger partial charge in [-0.3, -0.25) is 0 Å². The van der Waals surface area contributed by atoms with Gasteiger partial charge in [-0.1, -0.05) is 42.5 Å². The van der Waals surface area contributed by atoms with Crippen molar-refractivity contribution in [1.82, 2.24) is 5.32 Å². The zero-order valence-corrected chi connectivity index (χ0v) is 17.1. The van der Waals surface area contributed by atoms with Crippen LogP contribution in [0.1, 0.15) is 22.4 Å². The van der Waals surface area contributed by atoms with Gasteiger partial charge in [0.1, 0.15) is 6.07 Å². The molecule has 1 aliphatic heterocycles. The van der Waals surface area contributed by atoms with Gasteiger partial charge in [-0.05, 0) is 11.4 Å².